The molecule has 0 N–H and O–H groups in total. The van der Waals surface area contributed by atoms with Gasteiger partial charge in [0.25, 0.3) is 0 Å². The topological polar surface area (TPSA) is 26.3 Å². The van der Waals surface area contributed by atoms with Crippen molar-refractivity contribution < 1.29 is 9.53 Å². The van der Waals surface area contributed by atoms with Gasteiger partial charge in [-0.2, -0.15) is 0 Å². The zero-order chi connectivity index (χ0) is 14.2. The molecule has 0 aliphatic carbocycles. The average molecular weight is 266 g/mol. The summed E-state index contributed by atoms with van der Waals surface area (Å²) in [6.07, 6.45) is 2.33. The first-order chi connectivity index (χ1) is 9.81. The molecule has 0 heterocycles. The second kappa shape index (κ2) is 7.29. The second-order valence-electron chi connectivity index (χ2n) is 4.58. The fourth-order valence-corrected chi connectivity index (χ4v) is 2.05. The highest BCUT2D eigenvalue weighted by Gasteiger charge is 2.20. The third-order valence-electron chi connectivity index (χ3n) is 3.11. The lowest BCUT2D eigenvalue weighted by Gasteiger charge is -2.14. The van der Waals surface area contributed by atoms with Crippen molar-refractivity contribution in [1.29, 1.82) is 0 Å². The van der Waals surface area contributed by atoms with E-state index in [-0.39, 0.29) is 11.9 Å². The van der Waals surface area contributed by atoms with Gasteiger partial charge in [0.2, 0.25) is 0 Å². The smallest absolute Gasteiger partial charge is 0.314 e. The van der Waals surface area contributed by atoms with E-state index in [2.05, 4.69) is 6.58 Å². The van der Waals surface area contributed by atoms with E-state index in [1.807, 2.05) is 60.7 Å². The minimum Gasteiger partial charge on any atom is -0.460 e. The third-order valence-corrected chi connectivity index (χ3v) is 3.11. The summed E-state index contributed by atoms with van der Waals surface area (Å²) in [5.74, 6) is -0.489. The number of carbonyl (C=O) groups is 1. The summed E-state index contributed by atoms with van der Waals surface area (Å²) < 4.78 is 5.41. The Morgan fingerprint density at radius 1 is 1.05 bits per heavy atom. The summed E-state index contributed by atoms with van der Waals surface area (Å²) in [7, 11) is 0. The maximum Gasteiger partial charge on any atom is 0.314 e. The second-order valence-corrected chi connectivity index (χ2v) is 4.58. The van der Waals surface area contributed by atoms with Gasteiger partial charge in [0, 0.05) is 0 Å². The molecule has 0 spiro atoms. The number of carbonyl (C=O) groups excluding carboxylic acids is 1. The van der Waals surface area contributed by atoms with Gasteiger partial charge in [-0.15, -0.1) is 6.58 Å². The zero-order valence-electron chi connectivity index (χ0n) is 11.4. The van der Waals surface area contributed by atoms with E-state index >= 15 is 0 Å². The average Bonchev–Trinajstić information content (AvgIpc) is 2.52. The molecule has 0 bridgehead atoms. The minimum absolute atomic E-state index is 0.208. The molecule has 102 valence electrons. The quantitative estimate of drug-likeness (QED) is 0.581. The molecule has 2 nitrogen and oxygen atoms in total. The van der Waals surface area contributed by atoms with Gasteiger partial charge in [-0.25, -0.2) is 0 Å². The van der Waals surface area contributed by atoms with Crippen LogP contribution in [0.5, 0.6) is 0 Å². The van der Waals surface area contributed by atoms with E-state index in [1.165, 1.54) is 0 Å². The van der Waals surface area contributed by atoms with Gasteiger partial charge in [0.15, 0.2) is 0 Å². The summed E-state index contributed by atoms with van der Waals surface area (Å²) >= 11 is 0. The highest BCUT2D eigenvalue weighted by molar-refractivity contribution is 5.78. The van der Waals surface area contributed by atoms with E-state index in [0.29, 0.717) is 13.0 Å². The predicted octanol–water partition coefficient (Wildman–Crippen LogP) is 4.09. The van der Waals surface area contributed by atoms with Crippen molar-refractivity contribution in [2.75, 3.05) is 0 Å². The van der Waals surface area contributed by atoms with Gasteiger partial charge in [0.05, 0.1) is 5.92 Å². The summed E-state index contributed by atoms with van der Waals surface area (Å²) in [6, 6.07) is 19.4. The Morgan fingerprint density at radius 2 is 1.65 bits per heavy atom. The van der Waals surface area contributed by atoms with Crippen LogP contribution in [0.1, 0.15) is 23.5 Å². The maximum absolute atomic E-state index is 12.2. The molecule has 2 aromatic carbocycles. The molecule has 0 aliphatic rings. The molecule has 2 aromatic rings. The van der Waals surface area contributed by atoms with E-state index in [1.54, 1.807) is 6.08 Å². The third kappa shape index (κ3) is 3.82. The number of benzene rings is 2. The monoisotopic (exact) mass is 266 g/mol. The lowest BCUT2D eigenvalue weighted by Crippen LogP contribution is -2.15. The Kier molecular flexibility index (Phi) is 5.13. The fraction of sp³-hybridized carbons (Fsp3) is 0.167. The molecule has 0 aromatic heterocycles. The zero-order valence-corrected chi connectivity index (χ0v) is 11.4. The van der Waals surface area contributed by atoms with Crippen LogP contribution in [0.15, 0.2) is 73.3 Å². The highest BCUT2D eigenvalue weighted by Crippen LogP contribution is 2.22. The van der Waals surface area contributed by atoms with Crippen LogP contribution in [0, 0.1) is 0 Å². The van der Waals surface area contributed by atoms with Crippen LogP contribution in [-0.2, 0) is 16.1 Å². The number of hydrogen-bond donors (Lipinski definition) is 0. The summed E-state index contributed by atoms with van der Waals surface area (Å²) in [4.78, 5) is 12.2. The van der Waals surface area contributed by atoms with Crippen molar-refractivity contribution in [3.63, 3.8) is 0 Å². The van der Waals surface area contributed by atoms with Gasteiger partial charge in [-0.05, 0) is 17.5 Å². The fourth-order valence-electron chi connectivity index (χ4n) is 2.05. The van der Waals surface area contributed by atoms with E-state index in [0.717, 1.165) is 11.1 Å². The molecule has 1 unspecified atom stereocenters. The Labute approximate surface area is 119 Å². The van der Waals surface area contributed by atoms with Crippen molar-refractivity contribution >= 4 is 5.97 Å². The normalized spacial score (nSPS) is 11.6. The van der Waals surface area contributed by atoms with Crippen molar-refractivity contribution in [3.05, 3.63) is 84.4 Å². The molecule has 0 amide bonds. The Hall–Kier alpha value is -2.35. The molecular weight excluding hydrogens is 248 g/mol. The van der Waals surface area contributed by atoms with Crippen LogP contribution in [0.4, 0.5) is 0 Å². The van der Waals surface area contributed by atoms with E-state index in [4.69, 9.17) is 4.74 Å². The van der Waals surface area contributed by atoms with Gasteiger partial charge >= 0.3 is 5.97 Å². The van der Waals surface area contributed by atoms with Crippen LogP contribution < -0.4 is 0 Å². The van der Waals surface area contributed by atoms with Gasteiger partial charge in [-0.1, -0.05) is 66.7 Å². The molecule has 1 atom stereocenters. The minimum atomic E-state index is -0.280. The summed E-state index contributed by atoms with van der Waals surface area (Å²) in [6.45, 7) is 4.02. The number of rotatable bonds is 6. The van der Waals surface area contributed by atoms with Crippen molar-refractivity contribution in [2.24, 2.45) is 0 Å². The molecule has 0 fully saturated rings. The molecule has 20 heavy (non-hydrogen) atoms. The Morgan fingerprint density at radius 3 is 2.25 bits per heavy atom. The predicted molar refractivity (Wildman–Crippen MR) is 80.2 cm³/mol. The van der Waals surface area contributed by atoms with Gasteiger partial charge in [-0.3, -0.25) is 4.79 Å². The summed E-state index contributed by atoms with van der Waals surface area (Å²) in [5, 5.41) is 0. The van der Waals surface area contributed by atoms with Crippen molar-refractivity contribution in [3.8, 4) is 0 Å². The first kappa shape index (κ1) is 14.1. The van der Waals surface area contributed by atoms with E-state index < -0.39 is 0 Å². The standard InChI is InChI=1S/C18H18O2/c1-2-9-17(16-12-7-4-8-13-16)18(19)20-14-15-10-5-3-6-11-15/h2-8,10-13,17H,1,9,14H2. The molecule has 0 saturated carbocycles. The number of allylic oxidation sites excluding steroid dienone is 1. The van der Waals surface area contributed by atoms with E-state index in [9.17, 15) is 4.79 Å². The molecule has 0 radical (unpaired) electrons. The Balaban J connectivity index is 2.02. The number of ether oxygens (including phenoxy) is 1. The largest absolute Gasteiger partial charge is 0.460 e. The Bertz CT molecular complexity index is 546. The van der Waals surface area contributed by atoms with Gasteiger partial charge in [0.1, 0.15) is 6.61 Å². The van der Waals surface area contributed by atoms with Crippen LogP contribution in [-0.4, -0.2) is 5.97 Å². The summed E-state index contributed by atoms with van der Waals surface area (Å²) in [5.41, 5.74) is 1.96. The first-order valence-corrected chi connectivity index (χ1v) is 6.67. The molecule has 0 saturated heterocycles. The molecule has 2 heteroatoms. The maximum atomic E-state index is 12.2. The number of esters is 1. The van der Waals surface area contributed by atoms with Crippen molar-refractivity contribution in [1.82, 2.24) is 0 Å². The molecule has 0 aliphatic heterocycles. The van der Waals surface area contributed by atoms with Crippen LogP contribution in [0.3, 0.4) is 0 Å². The molecule has 2 rings (SSSR count). The van der Waals surface area contributed by atoms with Crippen LogP contribution in [0.2, 0.25) is 0 Å². The van der Waals surface area contributed by atoms with Crippen LogP contribution in [0.25, 0.3) is 0 Å². The van der Waals surface area contributed by atoms with Crippen molar-refractivity contribution in [2.45, 2.75) is 18.9 Å². The lowest BCUT2D eigenvalue weighted by molar-refractivity contribution is -0.146. The number of hydrogen-bond acceptors (Lipinski definition) is 2. The van der Waals surface area contributed by atoms with Gasteiger partial charge < -0.3 is 4.74 Å². The first-order valence-electron chi connectivity index (χ1n) is 6.67. The highest BCUT2D eigenvalue weighted by atomic mass is 16.5. The van der Waals surface area contributed by atoms with Crippen LogP contribution >= 0.6 is 0 Å². The molecular formula is C18H18O2. The SMILES string of the molecule is C=CCC(C(=O)OCc1ccccc1)c1ccccc1. The lowest BCUT2D eigenvalue weighted by atomic mass is 9.96.